The zero-order valence-corrected chi connectivity index (χ0v) is 10.2. The molecule has 0 spiro atoms. The van der Waals surface area contributed by atoms with Gasteiger partial charge >= 0.3 is 6.92 Å². The molecule has 0 unspecified atom stereocenters. The van der Waals surface area contributed by atoms with Crippen molar-refractivity contribution >= 4 is 23.8 Å². The normalized spacial score (nSPS) is 18.1. The molecule has 1 atom stereocenters. The Hall–Kier alpha value is -1.33. The average molecular weight is 232 g/mol. The third-order valence-corrected chi connectivity index (χ3v) is 3.00. The lowest BCUT2D eigenvalue weighted by Gasteiger charge is -2.11. The summed E-state index contributed by atoms with van der Waals surface area (Å²) in [4.78, 5) is 11.0. The monoisotopic (exact) mass is 232 g/mol. The van der Waals surface area contributed by atoms with Gasteiger partial charge in [-0.1, -0.05) is 19.0 Å². The summed E-state index contributed by atoms with van der Waals surface area (Å²) in [6, 6.07) is 5.97. The van der Waals surface area contributed by atoms with Crippen LogP contribution in [0, 0.1) is 0 Å². The predicted octanol–water partition coefficient (Wildman–Crippen LogP) is 0.546. The largest absolute Gasteiger partial charge is 0.423 e. The molecule has 3 N–H and O–H groups in total. The zero-order valence-electron chi connectivity index (χ0n) is 10.2. The lowest BCUT2D eigenvalue weighted by Crippen LogP contribution is -2.28. The molecule has 0 saturated carbocycles. The minimum Gasteiger partial charge on any atom is -0.423 e. The van der Waals surface area contributed by atoms with Gasteiger partial charge in [0.15, 0.2) is 0 Å². The molecule has 90 valence electrons. The molecule has 1 aliphatic rings. The van der Waals surface area contributed by atoms with E-state index < -0.39 is 0 Å². The topological polar surface area (TPSA) is 64.3 Å². The van der Waals surface area contributed by atoms with Crippen LogP contribution in [0.1, 0.15) is 18.6 Å². The van der Waals surface area contributed by atoms with E-state index in [2.05, 4.69) is 5.32 Å². The lowest BCUT2D eigenvalue weighted by molar-refractivity contribution is -0.115. The number of nitrogens with two attached hydrogens (primary N) is 1. The molecule has 1 aromatic rings. The van der Waals surface area contributed by atoms with Crippen LogP contribution in [0.4, 0.5) is 5.69 Å². The minimum atomic E-state index is -0.0286. The molecule has 0 bridgehead atoms. The van der Waals surface area contributed by atoms with Gasteiger partial charge in [0.05, 0.1) is 12.6 Å². The maximum absolute atomic E-state index is 11.0. The van der Waals surface area contributed by atoms with E-state index >= 15 is 0 Å². The van der Waals surface area contributed by atoms with Crippen LogP contribution in [-0.2, 0) is 9.45 Å². The van der Waals surface area contributed by atoms with Crippen molar-refractivity contribution < 1.29 is 9.45 Å². The maximum Gasteiger partial charge on any atom is 0.326 e. The summed E-state index contributed by atoms with van der Waals surface area (Å²) in [7, 11) is 0. The summed E-state index contributed by atoms with van der Waals surface area (Å²) in [5.41, 5.74) is 8.92. The highest BCUT2D eigenvalue weighted by Crippen LogP contribution is 2.26. The highest BCUT2D eigenvalue weighted by atomic mass is 16.5. The lowest BCUT2D eigenvalue weighted by atomic mass is 9.63. The molecule has 4 nitrogen and oxygen atoms in total. The van der Waals surface area contributed by atoms with Crippen LogP contribution < -0.4 is 16.5 Å². The van der Waals surface area contributed by atoms with Crippen LogP contribution in [0.3, 0.4) is 0 Å². The Morgan fingerprint density at radius 2 is 2.35 bits per heavy atom. The SMILES string of the molecule is CB1O[C@H](CN)c2cccc(NCC(C)=O)c21. The summed E-state index contributed by atoms with van der Waals surface area (Å²) in [6.07, 6.45) is -0.0286. The second-order valence-corrected chi connectivity index (χ2v) is 4.37. The zero-order chi connectivity index (χ0) is 12.4. The van der Waals surface area contributed by atoms with Crippen molar-refractivity contribution in [3.63, 3.8) is 0 Å². The molecule has 0 radical (unpaired) electrons. The molecule has 0 aliphatic carbocycles. The van der Waals surface area contributed by atoms with E-state index in [0.29, 0.717) is 13.1 Å². The number of nitrogens with one attached hydrogen (secondary N) is 1. The van der Waals surface area contributed by atoms with Crippen LogP contribution in [-0.4, -0.2) is 25.8 Å². The van der Waals surface area contributed by atoms with Crippen molar-refractivity contribution in [3.8, 4) is 0 Å². The molecule has 0 aromatic heterocycles. The number of rotatable bonds is 4. The number of fused-ring (bicyclic) bond motifs is 1. The molecule has 1 aliphatic heterocycles. The van der Waals surface area contributed by atoms with Gasteiger partial charge in [-0.15, -0.1) is 0 Å². The second-order valence-electron chi connectivity index (χ2n) is 4.37. The highest BCUT2D eigenvalue weighted by Gasteiger charge is 2.32. The molecule has 0 amide bonds. The Morgan fingerprint density at radius 3 is 3.00 bits per heavy atom. The van der Waals surface area contributed by atoms with Crippen molar-refractivity contribution in [2.45, 2.75) is 19.9 Å². The van der Waals surface area contributed by atoms with Crippen LogP contribution in [0.25, 0.3) is 0 Å². The Bertz CT molecular complexity index is 437. The Labute approximate surface area is 102 Å². The van der Waals surface area contributed by atoms with Gasteiger partial charge < -0.3 is 15.7 Å². The predicted molar refractivity (Wildman–Crippen MR) is 69.7 cm³/mol. The molecular weight excluding hydrogens is 215 g/mol. The number of carbonyl (C=O) groups is 1. The van der Waals surface area contributed by atoms with Gasteiger partial charge in [-0.3, -0.25) is 4.79 Å². The van der Waals surface area contributed by atoms with E-state index in [1.807, 2.05) is 25.0 Å². The number of hydrogen-bond donors (Lipinski definition) is 2. The van der Waals surface area contributed by atoms with Crippen molar-refractivity contribution in [2.24, 2.45) is 5.73 Å². The number of carbonyl (C=O) groups excluding carboxylic acids is 1. The number of benzene rings is 1. The number of Topliss-reactive ketones (excluding diaryl/α,β-unsaturated/α-hetero) is 1. The van der Waals surface area contributed by atoms with Gasteiger partial charge in [-0.25, -0.2) is 0 Å². The third-order valence-electron chi connectivity index (χ3n) is 3.00. The molecule has 2 rings (SSSR count). The van der Waals surface area contributed by atoms with Gasteiger partial charge in [0, 0.05) is 12.2 Å². The smallest absolute Gasteiger partial charge is 0.326 e. The quantitative estimate of drug-likeness (QED) is 0.744. The van der Waals surface area contributed by atoms with Crippen molar-refractivity contribution in [2.75, 3.05) is 18.4 Å². The summed E-state index contributed by atoms with van der Waals surface area (Å²) in [6.45, 7) is 4.42. The first kappa shape index (κ1) is 12.1. The number of anilines is 1. The highest BCUT2D eigenvalue weighted by molar-refractivity contribution is 6.69. The molecule has 17 heavy (non-hydrogen) atoms. The Kier molecular flexibility index (Phi) is 3.50. The summed E-state index contributed by atoms with van der Waals surface area (Å²) in [5.74, 6) is 0.115. The number of hydrogen-bond acceptors (Lipinski definition) is 4. The molecule has 0 saturated heterocycles. The second kappa shape index (κ2) is 4.90. The minimum absolute atomic E-state index is 0.0224. The Morgan fingerprint density at radius 1 is 1.59 bits per heavy atom. The molecule has 0 fully saturated rings. The van der Waals surface area contributed by atoms with E-state index in [1.165, 1.54) is 0 Å². The van der Waals surface area contributed by atoms with E-state index in [4.69, 9.17) is 10.4 Å². The fraction of sp³-hybridized carbons (Fsp3) is 0.417. The molecule has 1 heterocycles. The van der Waals surface area contributed by atoms with Crippen molar-refractivity contribution in [1.82, 2.24) is 0 Å². The van der Waals surface area contributed by atoms with E-state index in [9.17, 15) is 4.79 Å². The maximum atomic E-state index is 11.0. The summed E-state index contributed by atoms with van der Waals surface area (Å²) >= 11 is 0. The van der Waals surface area contributed by atoms with Gasteiger partial charge in [0.25, 0.3) is 0 Å². The first-order chi connectivity index (χ1) is 8.13. The first-order valence-corrected chi connectivity index (χ1v) is 5.85. The molecule has 1 aromatic carbocycles. The van der Waals surface area contributed by atoms with Crippen LogP contribution >= 0.6 is 0 Å². The number of ketones is 1. The van der Waals surface area contributed by atoms with Crippen molar-refractivity contribution in [3.05, 3.63) is 23.8 Å². The Balaban J connectivity index is 2.30. The van der Waals surface area contributed by atoms with Gasteiger partial charge in [-0.2, -0.15) is 0 Å². The fourth-order valence-corrected chi connectivity index (χ4v) is 2.26. The van der Waals surface area contributed by atoms with Crippen molar-refractivity contribution in [1.29, 1.82) is 0 Å². The first-order valence-electron chi connectivity index (χ1n) is 5.85. The van der Waals surface area contributed by atoms with Crippen LogP contribution in [0.15, 0.2) is 18.2 Å². The van der Waals surface area contributed by atoms with E-state index in [0.717, 1.165) is 16.7 Å². The van der Waals surface area contributed by atoms with Crippen LogP contribution in [0.5, 0.6) is 0 Å². The van der Waals surface area contributed by atoms with Gasteiger partial charge in [0.1, 0.15) is 5.78 Å². The standard InChI is InChI=1S/C12H17BN2O2/c1-8(16)7-15-10-5-3-4-9-11(6-14)17-13(2)12(9)10/h3-5,11,15H,6-7,14H2,1-2H3/t11-/m1/s1. The fourth-order valence-electron chi connectivity index (χ4n) is 2.26. The van der Waals surface area contributed by atoms with Gasteiger partial charge in [0.2, 0.25) is 0 Å². The summed E-state index contributed by atoms with van der Waals surface area (Å²) in [5, 5.41) is 3.15. The van der Waals surface area contributed by atoms with E-state index in [1.54, 1.807) is 6.92 Å². The third kappa shape index (κ3) is 2.35. The van der Waals surface area contributed by atoms with Crippen LogP contribution in [0.2, 0.25) is 6.82 Å². The molecular formula is C12H17BN2O2. The average Bonchev–Trinajstić information content (AvgIpc) is 2.64. The van der Waals surface area contributed by atoms with Gasteiger partial charge in [-0.05, 0) is 24.0 Å². The summed E-state index contributed by atoms with van der Waals surface area (Å²) < 4.78 is 5.78. The van der Waals surface area contributed by atoms with E-state index in [-0.39, 0.29) is 18.8 Å². The molecule has 5 heteroatoms.